The zero-order chi connectivity index (χ0) is 16.2. The maximum absolute atomic E-state index is 12.8. The number of carbonyl (C=O) groups excluding carboxylic acids is 1. The number of nitrogens with zero attached hydrogens (tertiary/aromatic N) is 1. The van der Waals surface area contributed by atoms with Crippen LogP contribution >= 0.6 is 27.3 Å². The lowest BCUT2D eigenvalue weighted by Crippen LogP contribution is -2.36. The van der Waals surface area contributed by atoms with Gasteiger partial charge in [-0.3, -0.25) is 9.10 Å². The number of carbonyl (C=O) groups is 1. The van der Waals surface area contributed by atoms with Gasteiger partial charge in [-0.2, -0.15) is 0 Å². The largest absolute Gasteiger partial charge is 0.465 e. The fourth-order valence-corrected chi connectivity index (χ4v) is 4.68. The maximum Gasteiger partial charge on any atom is 0.326 e. The third-order valence-electron chi connectivity index (χ3n) is 2.71. The van der Waals surface area contributed by atoms with Crippen molar-refractivity contribution in [3.63, 3.8) is 0 Å². The van der Waals surface area contributed by atoms with Crippen LogP contribution in [0.15, 0.2) is 50.5 Å². The van der Waals surface area contributed by atoms with Crippen LogP contribution in [0.1, 0.15) is 6.92 Å². The minimum Gasteiger partial charge on any atom is -0.465 e. The van der Waals surface area contributed by atoms with Crippen molar-refractivity contribution >= 4 is 48.9 Å². The summed E-state index contributed by atoms with van der Waals surface area (Å²) in [5.41, 5.74) is 0.399. The van der Waals surface area contributed by atoms with E-state index in [9.17, 15) is 13.2 Å². The molecule has 1 aromatic carbocycles. The van der Waals surface area contributed by atoms with Gasteiger partial charge in [0.05, 0.1) is 12.3 Å². The zero-order valence-corrected chi connectivity index (χ0v) is 14.9. The van der Waals surface area contributed by atoms with E-state index < -0.39 is 16.0 Å². The molecule has 0 fully saturated rings. The fraction of sp³-hybridized carbons (Fsp3) is 0.214. The molecule has 0 aliphatic rings. The molecule has 0 aliphatic carbocycles. The standard InChI is InChI=1S/C14H14BrNO4S2/c1-2-20-13(17)10-16(12-6-3-5-11(15)9-12)22(18,19)14-7-4-8-21-14/h3-9H,2,10H2,1H3. The minimum absolute atomic E-state index is 0.178. The van der Waals surface area contributed by atoms with Gasteiger partial charge in [0.15, 0.2) is 0 Å². The average Bonchev–Trinajstić information content (AvgIpc) is 3.00. The molecule has 0 unspecified atom stereocenters. The van der Waals surface area contributed by atoms with Crippen molar-refractivity contribution in [3.8, 4) is 0 Å². The molecule has 0 aliphatic heterocycles. The van der Waals surface area contributed by atoms with Gasteiger partial charge >= 0.3 is 5.97 Å². The lowest BCUT2D eigenvalue weighted by atomic mass is 10.3. The summed E-state index contributed by atoms with van der Waals surface area (Å²) in [6, 6.07) is 9.93. The molecule has 118 valence electrons. The van der Waals surface area contributed by atoms with Gasteiger partial charge in [-0.15, -0.1) is 11.3 Å². The summed E-state index contributed by atoms with van der Waals surface area (Å²) in [7, 11) is -3.81. The van der Waals surface area contributed by atoms with Crippen LogP contribution in [0.2, 0.25) is 0 Å². The molecule has 8 heteroatoms. The highest BCUT2D eigenvalue weighted by molar-refractivity contribution is 9.10. The van der Waals surface area contributed by atoms with Crippen LogP contribution in [0.4, 0.5) is 5.69 Å². The van der Waals surface area contributed by atoms with E-state index in [0.29, 0.717) is 5.69 Å². The van der Waals surface area contributed by atoms with Gasteiger partial charge in [-0.05, 0) is 36.6 Å². The number of rotatable bonds is 6. The van der Waals surface area contributed by atoms with Crippen molar-refractivity contribution in [1.82, 2.24) is 0 Å². The Kier molecular flexibility index (Phi) is 5.60. The maximum atomic E-state index is 12.8. The number of ether oxygens (including phenoxy) is 1. The number of sulfonamides is 1. The fourth-order valence-electron chi connectivity index (χ4n) is 1.79. The second-order valence-corrected chi connectivity index (χ2v) is 8.18. The predicted octanol–water partition coefficient (Wildman–Crippen LogP) is 3.27. The van der Waals surface area contributed by atoms with Crippen LogP contribution in [0.25, 0.3) is 0 Å². The molecule has 22 heavy (non-hydrogen) atoms. The van der Waals surface area contributed by atoms with E-state index in [1.807, 2.05) is 0 Å². The Morgan fingerprint density at radius 2 is 2.09 bits per heavy atom. The molecule has 0 atom stereocenters. The molecule has 0 saturated heterocycles. The Labute approximate surface area is 141 Å². The Bertz CT molecular complexity index is 744. The van der Waals surface area contributed by atoms with Crippen molar-refractivity contribution in [3.05, 3.63) is 46.3 Å². The molecule has 2 aromatic rings. The molecule has 1 heterocycles. The van der Waals surface area contributed by atoms with E-state index in [1.165, 1.54) is 6.07 Å². The van der Waals surface area contributed by atoms with Crippen molar-refractivity contribution in [2.75, 3.05) is 17.5 Å². The average molecular weight is 404 g/mol. The topological polar surface area (TPSA) is 63.7 Å². The Morgan fingerprint density at radius 1 is 1.32 bits per heavy atom. The van der Waals surface area contributed by atoms with Crippen molar-refractivity contribution in [2.24, 2.45) is 0 Å². The highest BCUT2D eigenvalue weighted by Gasteiger charge is 2.28. The van der Waals surface area contributed by atoms with E-state index in [1.54, 1.807) is 42.6 Å². The minimum atomic E-state index is -3.81. The summed E-state index contributed by atoms with van der Waals surface area (Å²) in [5.74, 6) is -0.595. The smallest absolute Gasteiger partial charge is 0.326 e. The molecule has 0 bridgehead atoms. The first-order valence-corrected chi connectivity index (χ1v) is 9.54. The molecule has 0 amide bonds. The van der Waals surface area contributed by atoms with E-state index in [0.717, 1.165) is 20.1 Å². The third-order valence-corrected chi connectivity index (χ3v) is 6.35. The van der Waals surface area contributed by atoms with E-state index in [4.69, 9.17) is 4.74 Å². The molecule has 0 spiro atoms. The van der Waals surface area contributed by atoms with Crippen molar-refractivity contribution in [2.45, 2.75) is 11.1 Å². The molecule has 0 radical (unpaired) electrons. The highest BCUT2D eigenvalue weighted by atomic mass is 79.9. The van der Waals surface area contributed by atoms with Gasteiger partial charge in [0, 0.05) is 4.47 Å². The molecular weight excluding hydrogens is 390 g/mol. The SMILES string of the molecule is CCOC(=O)CN(c1cccc(Br)c1)S(=O)(=O)c1cccs1. The first kappa shape index (κ1) is 17.0. The predicted molar refractivity (Wildman–Crippen MR) is 89.6 cm³/mol. The van der Waals surface area contributed by atoms with Crippen LogP contribution in [0.3, 0.4) is 0 Å². The second kappa shape index (κ2) is 7.26. The summed E-state index contributed by atoms with van der Waals surface area (Å²) in [5, 5.41) is 1.68. The lowest BCUT2D eigenvalue weighted by molar-refractivity contribution is -0.141. The lowest BCUT2D eigenvalue weighted by Gasteiger charge is -2.23. The highest BCUT2D eigenvalue weighted by Crippen LogP contribution is 2.28. The Morgan fingerprint density at radius 3 is 2.68 bits per heavy atom. The van der Waals surface area contributed by atoms with Gasteiger partial charge in [-0.1, -0.05) is 28.1 Å². The third kappa shape index (κ3) is 3.88. The van der Waals surface area contributed by atoms with Gasteiger partial charge in [0.25, 0.3) is 10.0 Å². The molecular formula is C14H14BrNO4S2. The number of esters is 1. The van der Waals surface area contributed by atoms with Crippen molar-refractivity contribution in [1.29, 1.82) is 0 Å². The first-order chi connectivity index (χ1) is 10.4. The number of halogens is 1. The molecule has 5 nitrogen and oxygen atoms in total. The normalized spacial score (nSPS) is 11.2. The molecule has 1 aromatic heterocycles. The number of hydrogen-bond donors (Lipinski definition) is 0. The van der Waals surface area contributed by atoms with Gasteiger partial charge < -0.3 is 4.74 Å². The van der Waals surface area contributed by atoms with Crippen LogP contribution in [-0.2, 0) is 19.6 Å². The summed E-state index contributed by atoms with van der Waals surface area (Å²) < 4.78 is 32.4. The van der Waals surface area contributed by atoms with Crippen LogP contribution in [0, 0.1) is 0 Å². The monoisotopic (exact) mass is 403 g/mol. The molecule has 2 rings (SSSR count). The van der Waals surface area contributed by atoms with E-state index in [2.05, 4.69) is 15.9 Å². The summed E-state index contributed by atoms with van der Waals surface area (Å²) >= 11 is 4.41. The summed E-state index contributed by atoms with van der Waals surface area (Å²) in [6.07, 6.45) is 0. The number of benzene rings is 1. The quantitative estimate of drug-likeness (QED) is 0.694. The number of anilines is 1. The van der Waals surface area contributed by atoms with E-state index in [-0.39, 0.29) is 17.4 Å². The van der Waals surface area contributed by atoms with Crippen LogP contribution in [-0.4, -0.2) is 27.5 Å². The number of hydrogen-bond acceptors (Lipinski definition) is 5. The summed E-state index contributed by atoms with van der Waals surface area (Å²) in [6.45, 7) is 1.50. The van der Waals surface area contributed by atoms with Crippen LogP contribution < -0.4 is 4.31 Å². The van der Waals surface area contributed by atoms with Gasteiger partial charge in [-0.25, -0.2) is 8.42 Å². The Hall–Kier alpha value is -1.38. The molecule has 0 saturated carbocycles. The van der Waals surface area contributed by atoms with E-state index >= 15 is 0 Å². The number of thiophene rings is 1. The Balaban J connectivity index is 2.44. The summed E-state index contributed by atoms with van der Waals surface area (Å²) in [4.78, 5) is 11.8. The zero-order valence-electron chi connectivity index (χ0n) is 11.7. The van der Waals surface area contributed by atoms with Gasteiger partial charge in [0.2, 0.25) is 0 Å². The molecule has 0 N–H and O–H groups in total. The second-order valence-electron chi connectivity index (χ2n) is 4.23. The van der Waals surface area contributed by atoms with Gasteiger partial charge in [0.1, 0.15) is 10.8 Å². The van der Waals surface area contributed by atoms with Crippen LogP contribution in [0.5, 0.6) is 0 Å². The van der Waals surface area contributed by atoms with Crippen molar-refractivity contribution < 1.29 is 17.9 Å². The first-order valence-electron chi connectivity index (χ1n) is 6.42.